The summed E-state index contributed by atoms with van der Waals surface area (Å²) in [6, 6.07) is 11.1. The summed E-state index contributed by atoms with van der Waals surface area (Å²) in [6.07, 6.45) is 0.546. The molecule has 0 aliphatic carbocycles. The second-order valence-corrected chi connectivity index (χ2v) is 4.24. The van der Waals surface area contributed by atoms with Crippen molar-refractivity contribution in [3.63, 3.8) is 0 Å². The molecule has 0 saturated carbocycles. The Kier molecular flexibility index (Phi) is 4.49. The van der Waals surface area contributed by atoms with Gasteiger partial charge in [-0.3, -0.25) is 0 Å². The minimum Gasteiger partial charge on any atom is -0.439 e. The van der Waals surface area contributed by atoms with Crippen LogP contribution < -0.4 is 4.74 Å². The number of ether oxygens (including phenoxy) is 1. The van der Waals surface area contributed by atoms with Gasteiger partial charge in [0.05, 0.1) is 6.61 Å². The number of aliphatic hydroxyl groups excluding tert-OH is 2. The first-order valence-electron chi connectivity index (χ1n) is 6.18. The third-order valence-electron chi connectivity index (χ3n) is 2.91. The average Bonchev–Trinajstić information content (AvgIpc) is 2.41. The molecule has 100 valence electrons. The molecule has 0 unspecified atom stereocenters. The minimum absolute atomic E-state index is 0.0276. The average molecular weight is 259 g/mol. The van der Waals surface area contributed by atoms with Crippen LogP contribution in [0.15, 0.2) is 36.4 Å². The van der Waals surface area contributed by atoms with Crippen LogP contribution in [-0.4, -0.2) is 21.8 Å². The van der Waals surface area contributed by atoms with Crippen molar-refractivity contribution >= 4 is 0 Å². The van der Waals surface area contributed by atoms with E-state index in [1.165, 1.54) is 0 Å². The largest absolute Gasteiger partial charge is 0.439 e. The lowest BCUT2D eigenvalue weighted by Crippen LogP contribution is -1.98. The van der Waals surface area contributed by atoms with Gasteiger partial charge in [0.25, 0.3) is 0 Å². The van der Waals surface area contributed by atoms with E-state index in [0.29, 0.717) is 18.1 Å². The molecule has 0 atom stereocenters. The van der Waals surface area contributed by atoms with E-state index in [4.69, 9.17) is 14.9 Å². The molecule has 0 aliphatic rings. The first kappa shape index (κ1) is 13.5. The molecule has 2 aromatic rings. The third-order valence-corrected chi connectivity index (χ3v) is 2.91. The standard InChI is InChI=1S/C15H17NO3/c1-11-13(10-18)6-7-15(16-11)19-14-5-3-2-4-12(14)8-9-17/h2-7,17-18H,8-10H2,1H3. The topological polar surface area (TPSA) is 62.6 Å². The Bertz CT molecular complexity index is 555. The zero-order valence-electron chi connectivity index (χ0n) is 10.8. The van der Waals surface area contributed by atoms with Crippen molar-refractivity contribution in [1.29, 1.82) is 0 Å². The van der Waals surface area contributed by atoms with Crippen LogP contribution in [0.1, 0.15) is 16.8 Å². The number of aromatic nitrogens is 1. The SMILES string of the molecule is Cc1nc(Oc2ccccc2CCO)ccc1CO. The summed E-state index contributed by atoms with van der Waals surface area (Å²) in [5, 5.41) is 18.1. The monoisotopic (exact) mass is 259 g/mol. The summed E-state index contributed by atoms with van der Waals surface area (Å²) in [5.41, 5.74) is 2.48. The highest BCUT2D eigenvalue weighted by Gasteiger charge is 2.06. The van der Waals surface area contributed by atoms with Gasteiger partial charge in [0.15, 0.2) is 0 Å². The molecule has 0 fully saturated rings. The van der Waals surface area contributed by atoms with E-state index in [2.05, 4.69) is 4.98 Å². The molecule has 0 saturated heterocycles. The summed E-state index contributed by atoms with van der Waals surface area (Å²) >= 11 is 0. The zero-order chi connectivity index (χ0) is 13.7. The molecule has 0 bridgehead atoms. The number of hydrogen-bond acceptors (Lipinski definition) is 4. The van der Waals surface area contributed by atoms with Crippen LogP contribution in [0.3, 0.4) is 0 Å². The van der Waals surface area contributed by atoms with Crippen LogP contribution in [0.5, 0.6) is 11.6 Å². The fourth-order valence-electron chi connectivity index (χ4n) is 1.83. The van der Waals surface area contributed by atoms with E-state index in [0.717, 1.165) is 16.8 Å². The highest BCUT2D eigenvalue weighted by Crippen LogP contribution is 2.25. The van der Waals surface area contributed by atoms with Crippen LogP contribution in [0.4, 0.5) is 0 Å². The maximum atomic E-state index is 9.10. The van der Waals surface area contributed by atoms with Gasteiger partial charge >= 0.3 is 0 Å². The van der Waals surface area contributed by atoms with Crippen molar-refractivity contribution in [3.8, 4) is 11.6 Å². The number of hydrogen-bond donors (Lipinski definition) is 2. The molecule has 0 aliphatic heterocycles. The summed E-state index contributed by atoms with van der Waals surface area (Å²) in [7, 11) is 0. The number of pyridine rings is 1. The van der Waals surface area contributed by atoms with Gasteiger partial charge in [-0.05, 0) is 36.6 Å². The third kappa shape index (κ3) is 3.30. The Balaban J connectivity index is 2.23. The van der Waals surface area contributed by atoms with Crippen molar-refractivity contribution in [2.24, 2.45) is 0 Å². The van der Waals surface area contributed by atoms with Gasteiger partial charge in [-0.1, -0.05) is 18.2 Å². The van der Waals surface area contributed by atoms with Crippen LogP contribution >= 0.6 is 0 Å². The Morgan fingerprint density at radius 3 is 2.53 bits per heavy atom. The molecular weight excluding hydrogens is 242 g/mol. The lowest BCUT2D eigenvalue weighted by Gasteiger charge is -2.11. The van der Waals surface area contributed by atoms with Crippen LogP contribution in [0.2, 0.25) is 0 Å². The van der Waals surface area contributed by atoms with Gasteiger partial charge in [0.1, 0.15) is 5.75 Å². The van der Waals surface area contributed by atoms with Gasteiger partial charge < -0.3 is 14.9 Å². The number of aryl methyl sites for hydroxylation is 1. The molecular formula is C15H17NO3. The van der Waals surface area contributed by atoms with Gasteiger partial charge in [-0.15, -0.1) is 0 Å². The van der Waals surface area contributed by atoms with Crippen molar-refractivity contribution in [2.45, 2.75) is 20.0 Å². The van der Waals surface area contributed by atoms with Crippen molar-refractivity contribution in [2.75, 3.05) is 6.61 Å². The van der Waals surface area contributed by atoms with Gasteiger partial charge in [0.2, 0.25) is 5.88 Å². The summed E-state index contributed by atoms with van der Waals surface area (Å²) in [5.74, 6) is 1.18. The van der Waals surface area contributed by atoms with Crippen molar-refractivity contribution < 1.29 is 14.9 Å². The quantitative estimate of drug-likeness (QED) is 0.864. The van der Waals surface area contributed by atoms with E-state index in [-0.39, 0.29) is 13.2 Å². The van der Waals surface area contributed by atoms with E-state index in [9.17, 15) is 0 Å². The molecule has 2 N–H and O–H groups in total. The highest BCUT2D eigenvalue weighted by atomic mass is 16.5. The first-order chi connectivity index (χ1) is 9.24. The Labute approximate surface area is 112 Å². The fraction of sp³-hybridized carbons (Fsp3) is 0.267. The summed E-state index contributed by atoms with van der Waals surface area (Å²) < 4.78 is 5.74. The smallest absolute Gasteiger partial charge is 0.219 e. The number of nitrogens with zero attached hydrogens (tertiary/aromatic N) is 1. The number of para-hydroxylation sites is 1. The van der Waals surface area contributed by atoms with Gasteiger partial charge in [0, 0.05) is 18.4 Å². The van der Waals surface area contributed by atoms with E-state index >= 15 is 0 Å². The zero-order valence-corrected chi connectivity index (χ0v) is 10.8. The lowest BCUT2D eigenvalue weighted by atomic mass is 10.1. The van der Waals surface area contributed by atoms with Crippen molar-refractivity contribution in [3.05, 3.63) is 53.2 Å². The van der Waals surface area contributed by atoms with Crippen LogP contribution in [0, 0.1) is 6.92 Å². The molecule has 0 spiro atoms. The maximum absolute atomic E-state index is 9.10. The minimum atomic E-state index is -0.0276. The molecule has 2 rings (SSSR count). The Hall–Kier alpha value is -1.91. The summed E-state index contributed by atoms with van der Waals surface area (Å²) in [4.78, 5) is 4.30. The molecule has 1 aromatic carbocycles. The van der Waals surface area contributed by atoms with Gasteiger partial charge in [-0.25, -0.2) is 4.98 Å². The van der Waals surface area contributed by atoms with Crippen LogP contribution in [-0.2, 0) is 13.0 Å². The highest BCUT2D eigenvalue weighted by molar-refractivity contribution is 5.37. The molecule has 0 amide bonds. The Morgan fingerprint density at radius 2 is 1.84 bits per heavy atom. The normalized spacial score (nSPS) is 10.5. The molecule has 0 radical (unpaired) electrons. The van der Waals surface area contributed by atoms with E-state index in [1.807, 2.05) is 31.2 Å². The molecule has 4 nitrogen and oxygen atoms in total. The second-order valence-electron chi connectivity index (χ2n) is 4.24. The predicted molar refractivity (Wildman–Crippen MR) is 72.2 cm³/mol. The van der Waals surface area contributed by atoms with Gasteiger partial charge in [-0.2, -0.15) is 0 Å². The maximum Gasteiger partial charge on any atom is 0.219 e. The number of rotatable bonds is 5. The van der Waals surface area contributed by atoms with E-state index < -0.39 is 0 Å². The summed E-state index contributed by atoms with van der Waals surface area (Å²) in [6.45, 7) is 1.88. The second kappa shape index (κ2) is 6.31. The molecule has 1 heterocycles. The van der Waals surface area contributed by atoms with Crippen LogP contribution in [0.25, 0.3) is 0 Å². The molecule has 4 heteroatoms. The predicted octanol–water partition coefficient (Wildman–Crippen LogP) is 2.21. The van der Waals surface area contributed by atoms with Crippen molar-refractivity contribution in [1.82, 2.24) is 4.98 Å². The Morgan fingerprint density at radius 1 is 1.05 bits per heavy atom. The number of benzene rings is 1. The van der Waals surface area contributed by atoms with E-state index in [1.54, 1.807) is 12.1 Å². The first-order valence-corrected chi connectivity index (χ1v) is 6.18. The molecule has 19 heavy (non-hydrogen) atoms. The molecule has 1 aromatic heterocycles. The fourth-order valence-corrected chi connectivity index (χ4v) is 1.83. The number of aliphatic hydroxyl groups is 2. The lowest BCUT2D eigenvalue weighted by molar-refractivity contribution is 0.280.